The Balaban J connectivity index is 2.26. The highest BCUT2D eigenvalue weighted by Gasteiger charge is 2.13. The molecule has 0 atom stereocenters. The van der Waals surface area contributed by atoms with Gasteiger partial charge in [0, 0.05) is 12.6 Å². The minimum absolute atomic E-state index is 0.0646. The van der Waals surface area contributed by atoms with Crippen molar-refractivity contribution >= 4 is 17.4 Å². The molecular weight excluding hydrogens is 226 g/mol. The number of rotatable bonds is 2. The molecule has 0 saturated heterocycles. The van der Waals surface area contributed by atoms with E-state index in [0.29, 0.717) is 11.4 Å². The van der Waals surface area contributed by atoms with Crippen molar-refractivity contribution in [2.75, 3.05) is 17.7 Å². The summed E-state index contributed by atoms with van der Waals surface area (Å²) in [6, 6.07) is 10.9. The molecule has 2 aromatic rings. The zero-order valence-corrected chi connectivity index (χ0v) is 10.4. The van der Waals surface area contributed by atoms with Crippen LogP contribution in [0.25, 0.3) is 0 Å². The Kier molecular flexibility index (Phi) is 3.28. The molecular formula is C14H15N3O. The smallest absolute Gasteiger partial charge is 0.258 e. The number of amides is 1. The highest BCUT2D eigenvalue weighted by molar-refractivity contribution is 6.05. The molecule has 1 amide bonds. The SMILES string of the molecule is Cc1cccc(C(=O)N(C)c2ccc(N)nc2)c1. The van der Waals surface area contributed by atoms with Gasteiger partial charge in [-0.25, -0.2) is 4.98 Å². The fourth-order valence-corrected chi connectivity index (χ4v) is 1.68. The van der Waals surface area contributed by atoms with E-state index in [0.717, 1.165) is 11.3 Å². The topological polar surface area (TPSA) is 59.2 Å². The minimum atomic E-state index is -0.0646. The Bertz CT molecular complexity index is 564. The molecule has 1 heterocycles. The third-order valence-electron chi connectivity index (χ3n) is 2.73. The van der Waals surface area contributed by atoms with Gasteiger partial charge in [-0.3, -0.25) is 4.79 Å². The molecule has 2 N–H and O–H groups in total. The van der Waals surface area contributed by atoms with Gasteiger partial charge in [-0.1, -0.05) is 17.7 Å². The number of carbonyl (C=O) groups is 1. The van der Waals surface area contributed by atoms with Gasteiger partial charge in [0.2, 0.25) is 0 Å². The minimum Gasteiger partial charge on any atom is -0.384 e. The van der Waals surface area contributed by atoms with E-state index in [1.54, 1.807) is 36.3 Å². The number of hydrogen-bond acceptors (Lipinski definition) is 3. The van der Waals surface area contributed by atoms with Gasteiger partial charge in [-0.05, 0) is 31.2 Å². The molecule has 0 saturated carbocycles. The van der Waals surface area contributed by atoms with Gasteiger partial charge < -0.3 is 10.6 Å². The standard InChI is InChI=1S/C14H15N3O/c1-10-4-3-5-11(8-10)14(18)17(2)12-6-7-13(15)16-9-12/h3-9H,1-2H3,(H2,15,16). The molecule has 4 nitrogen and oxygen atoms in total. The fraction of sp³-hybridized carbons (Fsp3) is 0.143. The van der Waals surface area contributed by atoms with Crippen LogP contribution in [-0.4, -0.2) is 17.9 Å². The Morgan fingerprint density at radius 3 is 2.67 bits per heavy atom. The van der Waals surface area contributed by atoms with E-state index in [1.165, 1.54) is 0 Å². The molecule has 4 heteroatoms. The van der Waals surface area contributed by atoms with Gasteiger partial charge in [0.15, 0.2) is 0 Å². The van der Waals surface area contributed by atoms with E-state index in [4.69, 9.17) is 5.73 Å². The number of pyridine rings is 1. The molecule has 92 valence electrons. The van der Waals surface area contributed by atoms with Crippen molar-refractivity contribution in [3.8, 4) is 0 Å². The molecule has 0 aliphatic rings. The largest absolute Gasteiger partial charge is 0.384 e. The maximum atomic E-state index is 12.2. The molecule has 0 unspecified atom stereocenters. The van der Waals surface area contributed by atoms with Gasteiger partial charge in [0.05, 0.1) is 11.9 Å². The maximum absolute atomic E-state index is 12.2. The molecule has 0 spiro atoms. The van der Waals surface area contributed by atoms with Crippen molar-refractivity contribution in [3.05, 3.63) is 53.7 Å². The number of nitrogens with two attached hydrogens (primary N) is 1. The van der Waals surface area contributed by atoms with Crippen LogP contribution in [0.1, 0.15) is 15.9 Å². The summed E-state index contributed by atoms with van der Waals surface area (Å²) in [4.78, 5) is 17.8. The summed E-state index contributed by atoms with van der Waals surface area (Å²) in [5.41, 5.74) is 7.96. The van der Waals surface area contributed by atoms with Gasteiger partial charge >= 0.3 is 0 Å². The highest BCUT2D eigenvalue weighted by atomic mass is 16.2. The van der Waals surface area contributed by atoms with E-state index in [1.807, 2.05) is 25.1 Å². The zero-order chi connectivity index (χ0) is 13.1. The van der Waals surface area contributed by atoms with E-state index in [-0.39, 0.29) is 5.91 Å². The summed E-state index contributed by atoms with van der Waals surface area (Å²) in [5.74, 6) is 0.375. The Hall–Kier alpha value is -2.36. The van der Waals surface area contributed by atoms with Crippen molar-refractivity contribution < 1.29 is 4.79 Å². The number of nitrogens with zero attached hydrogens (tertiary/aromatic N) is 2. The lowest BCUT2D eigenvalue weighted by atomic mass is 10.1. The highest BCUT2D eigenvalue weighted by Crippen LogP contribution is 2.15. The van der Waals surface area contributed by atoms with Gasteiger partial charge in [-0.2, -0.15) is 0 Å². The van der Waals surface area contributed by atoms with E-state index in [9.17, 15) is 4.79 Å². The molecule has 0 fully saturated rings. The van der Waals surface area contributed by atoms with Crippen LogP contribution >= 0.6 is 0 Å². The second kappa shape index (κ2) is 4.87. The second-order valence-corrected chi connectivity index (χ2v) is 4.17. The molecule has 0 aliphatic carbocycles. The number of nitrogen functional groups attached to an aromatic ring is 1. The third kappa shape index (κ3) is 2.48. The lowest BCUT2D eigenvalue weighted by molar-refractivity contribution is 0.0993. The Labute approximate surface area is 106 Å². The van der Waals surface area contributed by atoms with Crippen LogP contribution in [0.15, 0.2) is 42.6 Å². The summed E-state index contributed by atoms with van der Waals surface area (Å²) in [5, 5.41) is 0. The lowest BCUT2D eigenvalue weighted by Crippen LogP contribution is -2.26. The van der Waals surface area contributed by atoms with E-state index >= 15 is 0 Å². The molecule has 0 radical (unpaired) electrons. The maximum Gasteiger partial charge on any atom is 0.258 e. The van der Waals surface area contributed by atoms with Crippen LogP contribution in [-0.2, 0) is 0 Å². The molecule has 1 aromatic heterocycles. The summed E-state index contributed by atoms with van der Waals surface area (Å²) in [7, 11) is 1.72. The van der Waals surface area contributed by atoms with E-state index in [2.05, 4.69) is 4.98 Å². The van der Waals surface area contributed by atoms with Crippen LogP contribution in [0.2, 0.25) is 0 Å². The molecule has 18 heavy (non-hydrogen) atoms. The van der Waals surface area contributed by atoms with Gasteiger partial charge in [0.1, 0.15) is 5.82 Å². The predicted molar refractivity (Wildman–Crippen MR) is 72.6 cm³/mol. The van der Waals surface area contributed by atoms with Gasteiger partial charge in [0.25, 0.3) is 5.91 Å². The average molecular weight is 241 g/mol. The third-order valence-corrected chi connectivity index (χ3v) is 2.73. The normalized spacial score (nSPS) is 10.1. The fourth-order valence-electron chi connectivity index (χ4n) is 1.68. The van der Waals surface area contributed by atoms with Crippen LogP contribution < -0.4 is 10.6 Å². The molecule has 2 rings (SSSR count). The van der Waals surface area contributed by atoms with Crippen LogP contribution in [0.3, 0.4) is 0 Å². The van der Waals surface area contributed by atoms with Gasteiger partial charge in [-0.15, -0.1) is 0 Å². The van der Waals surface area contributed by atoms with Crippen LogP contribution in [0.5, 0.6) is 0 Å². The first-order valence-corrected chi connectivity index (χ1v) is 5.64. The number of aromatic nitrogens is 1. The Morgan fingerprint density at radius 1 is 1.28 bits per heavy atom. The number of aryl methyl sites for hydroxylation is 1. The molecule has 0 aliphatic heterocycles. The Morgan fingerprint density at radius 2 is 2.06 bits per heavy atom. The number of anilines is 2. The summed E-state index contributed by atoms with van der Waals surface area (Å²) >= 11 is 0. The summed E-state index contributed by atoms with van der Waals surface area (Å²) in [6.45, 7) is 1.96. The number of hydrogen-bond donors (Lipinski definition) is 1. The van der Waals surface area contributed by atoms with Crippen molar-refractivity contribution in [2.45, 2.75) is 6.92 Å². The first-order chi connectivity index (χ1) is 8.58. The monoisotopic (exact) mass is 241 g/mol. The summed E-state index contributed by atoms with van der Waals surface area (Å²) < 4.78 is 0. The summed E-state index contributed by atoms with van der Waals surface area (Å²) in [6.07, 6.45) is 1.59. The van der Waals surface area contributed by atoms with Crippen LogP contribution in [0, 0.1) is 6.92 Å². The number of benzene rings is 1. The predicted octanol–water partition coefficient (Wildman–Crippen LogP) is 2.25. The van der Waals surface area contributed by atoms with E-state index < -0.39 is 0 Å². The lowest BCUT2D eigenvalue weighted by Gasteiger charge is -2.17. The second-order valence-electron chi connectivity index (χ2n) is 4.17. The average Bonchev–Trinajstić information content (AvgIpc) is 2.38. The first kappa shape index (κ1) is 12.1. The van der Waals surface area contributed by atoms with Crippen molar-refractivity contribution in [3.63, 3.8) is 0 Å². The van der Waals surface area contributed by atoms with Crippen molar-refractivity contribution in [1.29, 1.82) is 0 Å². The zero-order valence-electron chi connectivity index (χ0n) is 10.4. The van der Waals surface area contributed by atoms with Crippen LogP contribution in [0.4, 0.5) is 11.5 Å². The number of carbonyl (C=O) groups excluding carboxylic acids is 1. The van der Waals surface area contributed by atoms with Crippen molar-refractivity contribution in [2.24, 2.45) is 0 Å². The first-order valence-electron chi connectivity index (χ1n) is 5.64. The molecule has 0 bridgehead atoms. The van der Waals surface area contributed by atoms with Crippen molar-refractivity contribution in [1.82, 2.24) is 4.98 Å². The quantitative estimate of drug-likeness (QED) is 0.877. The molecule has 1 aromatic carbocycles.